The van der Waals surface area contributed by atoms with Crippen LogP contribution in [0, 0.1) is 0 Å². The Hall–Kier alpha value is -1.39. The van der Waals surface area contributed by atoms with Crippen LogP contribution in [-0.4, -0.2) is 32.8 Å². The van der Waals surface area contributed by atoms with Gasteiger partial charge in [0.15, 0.2) is 0 Å². The third kappa shape index (κ3) is 4.04. The zero-order chi connectivity index (χ0) is 13.5. The third-order valence-corrected chi connectivity index (χ3v) is 3.34. The Labute approximate surface area is 114 Å². The van der Waals surface area contributed by atoms with Gasteiger partial charge in [0.05, 0.1) is 13.2 Å². The van der Waals surface area contributed by atoms with Crippen LogP contribution in [0.2, 0.25) is 0 Å². The monoisotopic (exact) mass is 263 g/mol. The Morgan fingerprint density at radius 2 is 2.26 bits per heavy atom. The molecule has 0 saturated heterocycles. The van der Waals surface area contributed by atoms with Gasteiger partial charge >= 0.3 is 5.97 Å². The molecule has 0 radical (unpaired) electrons. The Morgan fingerprint density at radius 3 is 3.11 bits per heavy atom. The molecule has 0 amide bonds. The predicted octanol–water partition coefficient (Wildman–Crippen LogP) is 1.84. The highest BCUT2D eigenvalue weighted by Gasteiger charge is 2.22. The van der Waals surface area contributed by atoms with Crippen LogP contribution < -0.4 is 5.32 Å². The first kappa shape index (κ1) is 14.0. The molecule has 0 aliphatic heterocycles. The molecule has 4 heteroatoms. The third-order valence-electron chi connectivity index (χ3n) is 3.34. The van der Waals surface area contributed by atoms with Crippen molar-refractivity contribution in [1.29, 1.82) is 0 Å². The van der Waals surface area contributed by atoms with E-state index in [1.54, 1.807) is 7.11 Å². The highest BCUT2D eigenvalue weighted by Crippen LogP contribution is 2.32. The normalized spacial score (nSPS) is 17.8. The lowest BCUT2D eigenvalue weighted by Gasteiger charge is -2.25. The number of hydrogen-bond acceptors (Lipinski definition) is 4. The average molecular weight is 263 g/mol. The van der Waals surface area contributed by atoms with Crippen LogP contribution in [-0.2, 0) is 20.7 Å². The molecule has 2 rings (SSSR count). The zero-order valence-electron chi connectivity index (χ0n) is 11.4. The summed E-state index contributed by atoms with van der Waals surface area (Å²) in [6.45, 7) is 1.49. The number of carbonyl (C=O) groups excluding carboxylic acids is 1. The number of esters is 1. The van der Waals surface area contributed by atoms with Crippen LogP contribution in [0.15, 0.2) is 24.3 Å². The molecule has 1 aliphatic rings. The number of aryl methyl sites for hydroxylation is 1. The van der Waals surface area contributed by atoms with Crippen LogP contribution in [0.25, 0.3) is 0 Å². The minimum absolute atomic E-state index is 0.0818. The quantitative estimate of drug-likeness (QED) is 0.628. The zero-order valence-corrected chi connectivity index (χ0v) is 11.4. The van der Waals surface area contributed by atoms with Crippen molar-refractivity contribution in [2.24, 2.45) is 0 Å². The van der Waals surface area contributed by atoms with E-state index in [-0.39, 0.29) is 18.6 Å². The van der Waals surface area contributed by atoms with E-state index in [0.29, 0.717) is 13.2 Å². The highest BCUT2D eigenvalue weighted by molar-refractivity contribution is 5.72. The molecule has 0 heterocycles. The van der Waals surface area contributed by atoms with Gasteiger partial charge < -0.3 is 14.8 Å². The molecule has 0 spiro atoms. The van der Waals surface area contributed by atoms with Crippen molar-refractivity contribution < 1.29 is 14.3 Å². The summed E-state index contributed by atoms with van der Waals surface area (Å²) in [6, 6.07) is 8.22. The van der Waals surface area contributed by atoms with Gasteiger partial charge in [-0.05, 0) is 30.4 Å². The summed E-state index contributed by atoms with van der Waals surface area (Å²) in [7, 11) is 1.64. The molecule has 0 aromatic heterocycles. The van der Waals surface area contributed by atoms with Gasteiger partial charge in [0.2, 0.25) is 0 Å². The lowest BCUT2D eigenvalue weighted by molar-refractivity contribution is -0.149. The summed E-state index contributed by atoms with van der Waals surface area (Å²) in [5, 5.41) is 3.00. The molecule has 0 fully saturated rings. The molecular formula is C15H21NO3. The maximum absolute atomic E-state index is 11.8. The second-order valence-electron chi connectivity index (χ2n) is 4.74. The van der Waals surface area contributed by atoms with Gasteiger partial charge in [0, 0.05) is 13.7 Å². The Bertz CT molecular complexity index is 420. The van der Waals surface area contributed by atoms with E-state index in [1.165, 1.54) is 11.1 Å². The van der Waals surface area contributed by atoms with Gasteiger partial charge in [-0.1, -0.05) is 24.3 Å². The van der Waals surface area contributed by atoms with Gasteiger partial charge in [-0.3, -0.25) is 4.79 Å². The van der Waals surface area contributed by atoms with E-state index in [4.69, 9.17) is 9.47 Å². The van der Waals surface area contributed by atoms with Gasteiger partial charge in [-0.15, -0.1) is 0 Å². The maximum atomic E-state index is 11.8. The van der Waals surface area contributed by atoms with Gasteiger partial charge in [0.1, 0.15) is 6.10 Å². The first-order valence-corrected chi connectivity index (χ1v) is 6.78. The molecule has 19 heavy (non-hydrogen) atoms. The van der Waals surface area contributed by atoms with E-state index in [1.807, 2.05) is 12.1 Å². The lowest BCUT2D eigenvalue weighted by Crippen LogP contribution is -2.29. The number of nitrogens with one attached hydrogen (secondary N) is 1. The van der Waals surface area contributed by atoms with Crippen molar-refractivity contribution in [3.8, 4) is 0 Å². The Balaban J connectivity index is 1.85. The Morgan fingerprint density at radius 1 is 1.42 bits per heavy atom. The fourth-order valence-corrected chi connectivity index (χ4v) is 2.40. The second-order valence-corrected chi connectivity index (χ2v) is 4.74. The standard InChI is InChI=1S/C15H21NO3/c1-18-10-9-16-11-15(17)19-14-8-4-6-12-5-2-3-7-13(12)14/h2-3,5,7,14,16H,4,6,8-11H2,1H3. The molecule has 104 valence electrons. The van der Waals surface area contributed by atoms with Crippen molar-refractivity contribution >= 4 is 5.97 Å². The smallest absolute Gasteiger partial charge is 0.320 e. The Kier molecular flexibility index (Phi) is 5.36. The molecule has 4 nitrogen and oxygen atoms in total. The molecule has 1 atom stereocenters. The van der Waals surface area contributed by atoms with Gasteiger partial charge in [-0.25, -0.2) is 0 Å². The number of fused-ring (bicyclic) bond motifs is 1. The number of benzene rings is 1. The molecule has 1 N–H and O–H groups in total. The van der Waals surface area contributed by atoms with Crippen molar-refractivity contribution in [1.82, 2.24) is 5.32 Å². The van der Waals surface area contributed by atoms with Crippen molar-refractivity contribution in [2.45, 2.75) is 25.4 Å². The van der Waals surface area contributed by atoms with E-state index in [0.717, 1.165) is 19.3 Å². The molecule has 0 bridgehead atoms. The van der Waals surface area contributed by atoms with E-state index in [2.05, 4.69) is 17.4 Å². The van der Waals surface area contributed by atoms with Crippen molar-refractivity contribution in [2.75, 3.05) is 26.8 Å². The highest BCUT2D eigenvalue weighted by atomic mass is 16.5. The maximum Gasteiger partial charge on any atom is 0.320 e. The SMILES string of the molecule is COCCNCC(=O)OC1CCCc2ccccc21. The van der Waals surface area contributed by atoms with E-state index >= 15 is 0 Å². The van der Waals surface area contributed by atoms with Crippen LogP contribution in [0.3, 0.4) is 0 Å². The minimum Gasteiger partial charge on any atom is -0.457 e. The summed E-state index contributed by atoms with van der Waals surface area (Å²) in [5.41, 5.74) is 2.47. The summed E-state index contributed by atoms with van der Waals surface area (Å²) in [6.07, 6.45) is 2.99. The van der Waals surface area contributed by atoms with Gasteiger partial charge in [0.25, 0.3) is 0 Å². The molecule has 1 unspecified atom stereocenters. The van der Waals surface area contributed by atoms with E-state index in [9.17, 15) is 4.79 Å². The number of ether oxygens (including phenoxy) is 2. The lowest BCUT2D eigenvalue weighted by atomic mass is 9.89. The fraction of sp³-hybridized carbons (Fsp3) is 0.533. The molecule has 1 aromatic rings. The number of hydrogen-bond donors (Lipinski definition) is 1. The van der Waals surface area contributed by atoms with Crippen LogP contribution >= 0.6 is 0 Å². The predicted molar refractivity (Wildman–Crippen MR) is 73.0 cm³/mol. The van der Waals surface area contributed by atoms with Crippen molar-refractivity contribution in [3.05, 3.63) is 35.4 Å². The first-order valence-electron chi connectivity index (χ1n) is 6.78. The molecule has 1 aliphatic carbocycles. The van der Waals surface area contributed by atoms with Crippen molar-refractivity contribution in [3.63, 3.8) is 0 Å². The number of methoxy groups -OCH3 is 1. The minimum atomic E-state index is -0.196. The molecule has 0 saturated carbocycles. The van der Waals surface area contributed by atoms with Crippen LogP contribution in [0.5, 0.6) is 0 Å². The van der Waals surface area contributed by atoms with Gasteiger partial charge in [-0.2, -0.15) is 0 Å². The largest absolute Gasteiger partial charge is 0.457 e. The summed E-state index contributed by atoms with van der Waals surface area (Å²) < 4.78 is 10.5. The molecular weight excluding hydrogens is 242 g/mol. The average Bonchev–Trinajstić information content (AvgIpc) is 2.44. The topological polar surface area (TPSA) is 47.6 Å². The summed E-state index contributed by atoms with van der Waals surface area (Å²) in [5.74, 6) is -0.196. The summed E-state index contributed by atoms with van der Waals surface area (Å²) in [4.78, 5) is 11.8. The first-order chi connectivity index (χ1) is 9.31. The van der Waals surface area contributed by atoms with Crippen LogP contribution in [0.1, 0.15) is 30.1 Å². The fourth-order valence-electron chi connectivity index (χ4n) is 2.40. The van der Waals surface area contributed by atoms with E-state index < -0.39 is 0 Å². The molecule has 1 aromatic carbocycles. The van der Waals surface area contributed by atoms with Crippen LogP contribution in [0.4, 0.5) is 0 Å². The second kappa shape index (κ2) is 7.26. The number of rotatable bonds is 6. The summed E-state index contributed by atoms with van der Waals surface area (Å²) >= 11 is 0. The number of carbonyl (C=O) groups is 1.